The van der Waals surface area contributed by atoms with Gasteiger partial charge in [0.15, 0.2) is 0 Å². The van der Waals surface area contributed by atoms with Gasteiger partial charge in [-0.25, -0.2) is 4.79 Å². The van der Waals surface area contributed by atoms with Crippen molar-refractivity contribution >= 4 is 23.5 Å². The summed E-state index contributed by atoms with van der Waals surface area (Å²) in [5, 5.41) is 12.3. The topological polar surface area (TPSA) is 73.2 Å². The molecule has 5 nitrogen and oxygen atoms in total. The zero-order valence-electron chi connectivity index (χ0n) is 12.8. The molecule has 1 aliphatic heterocycles. The minimum absolute atomic E-state index is 0.0927. The van der Waals surface area contributed by atoms with E-state index in [1.807, 2.05) is 26.0 Å². The second kappa shape index (κ2) is 5.98. The van der Waals surface area contributed by atoms with Gasteiger partial charge in [-0.15, -0.1) is 0 Å². The molecular weight excluding hydrogens is 302 g/mol. The van der Waals surface area contributed by atoms with Crippen molar-refractivity contribution in [1.29, 1.82) is 5.26 Å². The van der Waals surface area contributed by atoms with E-state index in [2.05, 4.69) is 5.32 Å². The van der Waals surface area contributed by atoms with E-state index in [1.54, 1.807) is 19.1 Å². The summed E-state index contributed by atoms with van der Waals surface area (Å²) in [7, 11) is 0. The Morgan fingerprint density at radius 3 is 2.68 bits per heavy atom. The normalized spacial score (nSPS) is 22.4. The summed E-state index contributed by atoms with van der Waals surface area (Å²) in [6.45, 7) is 5.47. The molecule has 2 unspecified atom stereocenters. The van der Waals surface area contributed by atoms with Crippen molar-refractivity contribution < 1.29 is 9.59 Å². The number of nitriles is 1. The fraction of sp³-hybridized carbons (Fsp3) is 0.438. The summed E-state index contributed by atoms with van der Waals surface area (Å²) < 4.78 is 0. The van der Waals surface area contributed by atoms with Crippen LogP contribution >= 0.6 is 11.6 Å². The van der Waals surface area contributed by atoms with Gasteiger partial charge in [0.1, 0.15) is 5.54 Å². The van der Waals surface area contributed by atoms with Gasteiger partial charge in [-0.2, -0.15) is 5.26 Å². The molecule has 3 amide bonds. The van der Waals surface area contributed by atoms with E-state index in [1.165, 1.54) is 0 Å². The van der Waals surface area contributed by atoms with E-state index in [9.17, 15) is 9.59 Å². The summed E-state index contributed by atoms with van der Waals surface area (Å²) >= 11 is 6.04. The SMILES string of the molecule is CCC1(c2ccc(Cl)c(C)c2)NC(=O)N(CC(C)C#N)C1=O. The Morgan fingerprint density at radius 2 is 2.14 bits per heavy atom. The van der Waals surface area contributed by atoms with Crippen molar-refractivity contribution in [3.05, 3.63) is 34.3 Å². The van der Waals surface area contributed by atoms with Crippen molar-refractivity contribution in [2.75, 3.05) is 6.54 Å². The number of urea groups is 1. The molecule has 0 bridgehead atoms. The molecule has 0 saturated carbocycles. The maximum Gasteiger partial charge on any atom is 0.325 e. The Hall–Kier alpha value is -2.06. The first-order valence-corrected chi connectivity index (χ1v) is 7.54. The number of hydrogen-bond acceptors (Lipinski definition) is 3. The fourth-order valence-corrected chi connectivity index (χ4v) is 2.77. The van der Waals surface area contributed by atoms with Gasteiger partial charge in [-0.05, 0) is 37.5 Å². The zero-order valence-corrected chi connectivity index (χ0v) is 13.6. The molecule has 1 aromatic carbocycles. The molecule has 1 heterocycles. The molecule has 1 N–H and O–H groups in total. The predicted octanol–water partition coefficient (Wildman–Crippen LogP) is 2.97. The van der Waals surface area contributed by atoms with Crippen LogP contribution in [-0.4, -0.2) is 23.4 Å². The van der Waals surface area contributed by atoms with E-state index in [0.29, 0.717) is 17.0 Å². The van der Waals surface area contributed by atoms with Gasteiger partial charge in [0.2, 0.25) is 0 Å². The molecule has 1 fully saturated rings. The van der Waals surface area contributed by atoms with Crippen molar-refractivity contribution in [2.24, 2.45) is 5.92 Å². The number of carbonyl (C=O) groups excluding carboxylic acids is 2. The highest BCUT2D eigenvalue weighted by Crippen LogP contribution is 2.34. The lowest BCUT2D eigenvalue weighted by atomic mass is 9.86. The van der Waals surface area contributed by atoms with Crippen LogP contribution in [0, 0.1) is 24.2 Å². The van der Waals surface area contributed by atoms with Gasteiger partial charge in [0.25, 0.3) is 5.91 Å². The number of nitrogens with one attached hydrogen (secondary N) is 1. The standard InChI is InChI=1S/C16H18ClN3O2/c1-4-16(12-5-6-13(17)11(3)7-12)14(21)20(15(22)19-16)9-10(2)8-18/h5-7,10H,4,9H2,1-3H3,(H,19,22). The van der Waals surface area contributed by atoms with E-state index in [-0.39, 0.29) is 12.5 Å². The third-order valence-electron chi connectivity index (χ3n) is 4.03. The van der Waals surface area contributed by atoms with Crippen LogP contribution < -0.4 is 5.32 Å². The molecule has 22 heavy (non-hydrogen) atoms. The van der Waals surface area contributed by atoms with Crippen LogP contribution in [0.25, 0.3) is 0 Å². The average molecular weight is 320 g/mol. The van der Waals surface area contributed by atoms with Crippen LogP contribution in [0.4, 0.5) is 4.79 Å². The second-order valence-electron chi connectivity index (χ2n) is 5.60. The molecule has 116 valence electrons. The lowest BCUT2D eigenvalue weighted by molar-refractivity contribution is -0.132. The number of nitrogens with zero attached hydrogens (tertiary/aromatic N) is 2. The molecule has 0 aromatic heterocycles. The van der Waals surface area contributed by atoms with Gasteiger partial charge in [-0.3, -0.25) is 9.69 Å². The quantitative estimate of drug-likeness (QED) is 0.867. The fourth-order valence-electron chi connectivity index (χ4n) is 2.66. The molecule has 2 rings (SSSR count). The molecule has 0 aliphatic carbocycles. The van der Waals surface area contributed by atoms with Crippen molar-refractivity contribution in [3.63, 3.8) is 0 Å². The molecule has 0 radical (unpaired) electrons. The highest BCUT2D eigenvalue weighted by molar-refractivity contribution is 6.31. The van der Waals surface area contributed by atoms with E-state index in [4.69, 9.17) is 16.9 Å². The van der Waals surface area contributed by atoms with Crippen LogP contribution in [0.5, 0.6) is 0 Å². The Kier molecular flexibility index (Phi) is 4.43. The minimum atomic E-state index is -1.08. The smallest absolute Gasteiger partial charge is 0.319 e. The van der Waals surface area contributed by atoms with Crippen LogP contribution in [0.1, 0.15) is 31.4 Å². The number of imide groups is 1. The third kappa shape index (κ3) is 2.55. The first-order chi connectivity index (χ1) is 10.4. The van der Waals surface area contributed by atoms with Gasteiger partial charge in [0.05, 0.1) is 12.0 Å². The largest absolute Gasteiger partial charge is 0.325 e. The molecule has 1 saturated heterocycles. The number of hydrogen-bond donors (Lipinski definition) is 1. The number of rotatable bonds is 4. The first kappa shape index (κ1) is 16.3. The molecule has 2 atom stereocenters. The van der Waals surface area contributed by atoms with E-state index >= 15 is 0 Å². The van der Waals surface area contributed by atoms with Gasteiger partial charge < -0.3 is 5.32 Å². The number of amides is 3. The summed E-state index contributed by atoms with van der Waals surface area (Å²) in [6.07, 6.45) is 0.427. The van der Waals surface area contributed by atoms with Crippen LogP contribution in [0.15, 0.2) is 18.2 Å². The summed E-state index contributed by atoms with van der Waals surface area (Å²) in [5.74, 6) is -0.724. The van der Waals surface area contributed by atoms with E-state index < -0.39 is 17.5 Å². The minimum Gasteiger partial charge on any atom is -0.319 e. The Bertz CT molecular complexity index is 668. The van der Waals surface area contributed by atoms with Crippen molar-refractivity contribution in [3.8, 4) is 6.07 Å². The molecule has 0 spiro atoms. The van der Waals surface area contributed by atoms with Crippen LogP contribution in [-0.2, 0) is 10.3 Å². The maximum atomic E-state index is 12.8. The lowest BCUT2D eigenvalue weighted by Crippen LogP contribution is -2.43. The Morgan fingerprint density at radius 1 is 1.45 bits per heavy atom. The maximum absolute atomic E-state index is 12.8. The Balaban J connectivity index is 2.43. The number of benzene rings is 1. The van der Waals surface area contributed by atoms with E-state index in [0.717, 1.165) is 10.5 Å². The Labute approximate surface area is 134 Å². The van der Waals surface area contributed by atoms with Gasteiger partial charge in [0, 0.05) is 11.6 Å². The highest BCUT2D eigenvalue weighted by Gasteiger charge is 2.51. The van der Waals surface area contributed by atoms with Crippen LogP contribution in [0.2, 0.25) is 5.02 Å². The summed E-state index contributed by atoms with van der Waals surface area (Å²) in [4.78, 5) is 26.1. The molecular formula is C16H18ClN3O2. The number of aryl methyl sites for hydroxylation is 1. The highest BCUT2D eigenvalue weighted by atomic mass is 35.5. The predicted molar refractivity (Wildman–Crippen MR) is 83.2 cm³/mol. The van der Waals surface area contributed by atoms with Crippen molar-refractivity contribution in [2.45, 2.75) is 32.7 Å². The average Bonchev–Trinajstić information content (AvgIpc) is 2.75. The summed E-state index contributed by atoms with van der Waals surface area (Å²) in [5.41, 5.74) is 0.474. The molecule has 1 aromatic rings. The summed E-state index contributed by atoms with van der Waals surface area (Å²) in [6, 6.07) is 6.89. The lowest BCUT2D eigenvalue weighted by Gasteiger charge is -2.26. The second-order valence-corrected chi connectivity index (χ2v) is 6.01. The number of carbonyl (C=O) groups is 2. The third-order valence-corrected chi connectivity index (χ3v) is 4.46. The zero-order chi connectivity index (χ0) is 16.5. The van der Waals surface area contributed by atoms with Crippen molar-refractivity contribution in [1.82, 2.24) is 10.2 Å². The van der Waals surface area contributed by atoms with Gasteiger partial charge >= 0.3 is 6.03 Å². The van der Waals surface area contributed by atoms with Crippen LogP contribution in [0.3, 0.4) is 0 Å². The monoisotopic (exact) mass is 319 g/mol. The first-order valence-electron chi connectivity index (χ1n) is 7.16. The van der Waals surface area contributed by atoms with Gasteiger partial charge in [-0.1, -0.05) is 30.7 Å². The molecule has 1 aliphatic rings. The number of halogens is 1. The molecule has 6 heteroatoms.